The Hall–Kier alpha value is -2.66. The SMILES string of the molecule is O=C(c1ccnc(N2CCN(C/C=C/c3ccccc3)CC2)c1)N1CCCC1. The Kier molecular flexibility index (Phi) is 6.02. The minimum absolute atomic E-state index is 0.144. The van der Waals surface area contributed by atoms with E-state index >= 15 is 0 Å². The normalized spacial score (nSPS) is 18.1. The lowest BCUT2D eigenvalue weighted by Gasteiger charge is -2.35. The molecule has 3 heterocycles. The van der Waals surface area contributed by atoms with Gasteiger partial charge in [-0.25, -0.2) is 4.98 Å². The Bertz CT molecular complexity index is 806. The van der Waals surface area contributed by atoms with Crippen molar-refractivity contribution in [3.63, 3.8) is 0 Å². The van der Waals surface area contributed by atoms with Crippen molar-refractivity contribution in [3.05, 3.63) is 65.9 Å². The molecule has 2 saturated heterocycles. The standard InChI is InChI=1S/C23H28N4O/c28-23(27-13-4-5-14-27)21-10-11-24-22(19-21)26-17-15-25(16-18-26)12-6-9-20-7-2-1-3-8-20/h1-3,6-11,19H,4-5,12-18H2/b9-6+. The third-order valence-corrected chi connectivity index (χ3v) is 5.56. The van der Waals surface area contributed by atoms with Gasteiger partial charge < -0.3 is 9.80 Å². The van der Waals surface area contributed by atoms with E-state index in [0.717, 1.165) is 70.0 Å². The molecule has 0 unspecified atom stereocenters. The third kappa shape index (κ3) is 4.60. The predicted octanol–water partition coefficient (Wildman–Crippen LogP) is 3.15. The van der Waals surface area contributed by atoms with Gasteiger partial charge in [-0.05, 0) is 30.5 Å². The lowest BCUT2D eigenvalue weighted by Crippen LogP contribution is -2.46. The minimum atomic E-state index is 0.144. The summed E-state index contributed by atoms with van der Waals surface area (Å²) >= 11 is 0. The molecule has 0 aliphatic carbocycles. The number of nitrogens with zero attached hydrogens (tertiary/aromatic N) is 4. The van der Waals surface area contributed by atoms with Crippen molar-refractivity contribution in [1.29, 1.82) is 0 Å². The Morgan fingerprint density at radius 2 is 1.71 bits per heavy atom. The van der Waals surface area contributed by atoms with E-state index in [-0.39, 0.29) is 5.91 Å². The van der Waals surface area contributed by atoms with Crippen LogP contribution in [0.25, 0.3) is 6.08 Å². The van der Waals surface area contributed by atoms with Gasteiger partial charge in [0.25, 0.3) is 5.91 Å². The number of hydrogen-bond acceptors (Lipinski definition) is 4. The van der Waals surface area contributed by atoms with Crippen LogP contribution in [-0.4, -0.2) is 66.5 Å². The summed E-state index contributed by atoms with van der Waals surface area (Å²) in [5.41, 5.74) is 2.00. The van der Waals surface area contributed by atoms with Crippen LogP contribution >= 0.6 is 0 Å². The van der Waals surface area contributed by atoms with Gasteiger partial charge >= 0.3 is 0 Å². The molecule has 2 aliphatic heterocycles. The van der Waals surface area contributed by atoms with E-state index in [9.17, 15) is 4.79 Å². The summed E-state index contributed by atoms with van der Waals surface area (Å²) in [4.78, 5) is 23.9. The van der Waals surface area contributed by atoms with Crippen molar-refractivity contribution in [2.75, 3.05) is 50.7 Å². The van der Waals surface area contributed by atoms with Gasteiger partial charge in [-0.1, -0.05) is 42.5 Å². The van der Waals surface area contributed by atoms with Gasteiger partial charge in [0.2, 0.25) is 0 Å². The van der Waals surface area contributed by atoms with Crippen molar-refractivity contribution < 1.29 is 4.79 Å². The van der Waals surface area contributed by atoms with E-state index < -0.39 is 0 Å². The smallest absolute Gasteiger partial charge is 0.254 e. The summed E-state index contributed by atoms with van der Waals surface area (Å²) in [6.07, 6.45) is 8.42. The first-order chi connectivity index (χ1) is 13.8. The third-order valence-electron chi connectivity index (χ3n) is 5.56. The van der Waals surface area contributed by atoms with E-state index in [1.54, 1.807) is 6.20 Å². The highest BCUT2D eigenvalue weighted by Gasteiger charge is 2.22. The zero-order valence-electron chi connectivity index (χ0n) is 16.3. The summed E-state index contributed by atoms with van der Waals surface area (Å²) in [5, 5.41) is 0. The first-order valence-electron chi connectivity index (χ1n) is 10.2. The highest BCUT2D eigenvalue weighted by Crippen LogP contribution is 2.18. The molecule has 1 amide bonds. The molecule has 28 heavy (non-hydrogen) atoms. The number of amides is 1. The number of carbonyl (C=O) groups excluding carboxylic acids is 1. The molecule has 0 spiro atoms. The zero-order valence-corrected chi connectivity index (χ0v) is 16.3. The summed E-state index contributed by atoms with van der Waals surface area (Å²) < 4.78 is 0. The van der Waals surface area contributed by atoms with Gasteiger partial charge in [-0.15, -0.1) is 0 Å². The van der Waals surface area contributed by atoms with Crippen molar-refractivity contribution in [2.24, 2.45) is 0 Å². The number of hydrogen-bond donors (Lipinski definition) is 0. The first kappa shape index (κ1) is 18.7. The van der Waals surface area contributed by atoms with Crippen molar-refractivity contribution in [3.8, 4) is 0 Å². The monoisotopic (exact) mass is 376 g/mol. The highest BCUT2D eigenvalue weighted by molar-refractivity contribution is 5.95. The molecule has 2 fully saturated rings. The van der Waals surface area contributed by atoms with Gasteiger partial charge in [0.15, 0.2) is 0 Å². The topological polar surface area (TPSA) is 39.7 Å². The average molecular weight is 377 g/mol. The molecule has 0 atom stereocenters. The minimum Gasteiger partial charge on any atom is -0.354 e. The molecule has 0 radical (unpaired) electrons. The Labute approximate surface area is 167 Å². The average Bonchev–Trinajstić information content (AvgIpc) is 3.30. The van der Waals surface area contributed by atoms with Gasteiger partial charge in [-0.2, -0.15) is 0 Å². The van der Waals surface area contributed by atoms with Crippen LogP contribution in [0.5, 0.6) is 0 Å². The maximum Gasteiger partial charge on any atom is 0.254 e. The second-order valence-corrected chi connectivity index (χ2v) is 7.50. The fourth-order valence-electron chi connectivity index (χ4n) is 3.89. The number of piperazine rings is 1. The summed E-state index contributed by atoms with van der Waals surface area (Å²) in [6, 6.07) is 14.2. The van der Waals surface area contributed by atoms with Gasteiger partial charge in [0.1, 0.15) is 5.82 Å². The lowest BCUT2D eigenvalue weighted by molar-refractivity contribution is 0.0792. The number of rotatable bonds is 5. The number of likely N-dealkylation sites (tertiary alicyclic amines) is 1. The van der Waals surface area contributed by atoms with E-state index in [1.807, 2.05) is 23.1 Å². The molecule has 0 N–H and O–H groups in total. The fourth-order valence-corrected chi connectivity index (χ4v) is 3.89. The van der Waals surface area contributed by atoms with E-state index in [0.29, 0.717) is 0 Å². The summed E-state index contributed by atoms with van der Waals surface area (Å²) in [5.74, 6) is 1.07. The molecule has 4 rings (SSSR count). The quantitative estimate of drug-likeness (QED) is 0.804. The van der Waals surface area contributed by atoms with Crippen molar-refractivity contribution in [2.45, 2.75) is 12.8 Å². The Morgan fingerprint density at radius 1 is 0.964 bits per heavy atom. The van der Waals surface area contributed by atoms with E-state index in [1.165, 1.54) is 5.56 Å². The molecule has 2 aromatic rings. The van der Waals surface area contributed by atoms with Gasteiger partial charge in [0, 0.05) is 57.6 Å². The van der Waals surface area contributed by atoms with Crippen molar-refractivity contribution in [1.82, 2.24) is 14.8 Å². The molecule has 0 saturated carbocycles. The zero-order chi connectivity index (χ0) is 19.2. The Morgan fingerprint density at radius 3 is 2.46 bits per heavy atom. The fraction of sp³-hybridized carbons (Fsp3) is 0.391. The lowest BCUT2D eigenvalue weighted by atomic mass is 10.2. The summed E-state index contributed by atoms with van der Waals surface area (Å²) in [7, 11) is 0. The molecule has 146 valence electrons. The van der Waals surface area contributed by atoms with Crippen LogP contribution < -0.4 is 4.90 Å². The van der Waals surface area contributed by atoms with Crippen molar-refractivity contribution >= 4 is 17.8 Å². The second kappa shape index (κ2) is 9.02. The van der Waals surface area contributed by atoms with Crippen LogP contribution in [0, 0.1) is 0 Å². The number of aromatic nitrogens is 1. The van der Waals surface area contributed by atoms with Crippen LogP contribution in [0.15, 0.2) is 54.7 Å². The maximum atomic E-state index is 12.6. The molecular weight excluding hydrogens is 348 g/mol. The van der Waals surface area contributed by atoms with E-state index in [4.69, 9.17) is 0 Å². The molecule has 0 bridgehead atoms. The Balaban J connectivity index is 1.30. The number of carbonyl (C=O) groups is 1. The molecule has 1 aromatic heterocycles. The van der Waals surface area contributed by atoms with Gasteiger partial charge in [-0.3, -0.25) is 9.69 Å². The molecule has 5 heteroatoms. The molecular formula is C23H28N4O. The van der Waals surface area contributed by atoms with E-state index in [2.05, 4.69) is 51.2 Å². The number of anilines is 1. The van der Waals surface area contributed by atoms with Crippen LogP contribution in [0.2, 0.25) is 0 Å². The maximum absolute atomic E-state index is 12.6. The van der Waals surface area contributed by atoms with Crippen LogP contribution in [0.3, 0.4) is 0 Å². The highest BCUT2D eigenvalue weighted by atomic mass is 16.2. The van der Waals surface area contributed by atoms with Gasteiger partial charge in [0.05, 0.1) is 0 Å². The van der Waals surface area contributed by atoms with Crippen LogP contribution in [-0.2, 0) is 0 Å². The summed E-state index contributed by atoms with van der Waals surface area (Å²) in [6.45, 7) is 6.61. The second-order valence-electron chi connectivity index (χ2n) is 7.50. The number of benzene rings is 1. The molecule has 1 aromatic carbocycles. The number of pyridine rings is 1. The first-order valence-corrected chi connectivity index (χ1v) is 10.2. The molecule has 2 aliphatic rings. The van der Waals surface area contributed by atoms with Crippen LogP contribution in [0.4, 0.5) is 5.82 Å². The largest absolute Gasteiger partial charge is 0.354 e. The molecule has 5 nitrogen and oxygen atoms in total. The van der Waals surface area contributed by atoms with Crippen LogP contribution in [0.1, 0.15) is 28.8 Å². The predicted molar refractivity (Wildman–Crippen MR) is 114 cm³/mol.